The Kier molecular flexibility index (Phi) is 10.2. The van der Waals surface area contributed by atoms with Crippen molar-refractivity contribution in [3.05, 3.63) is 89.8 Å². The van der Waals surface area contributed by atoms with E-state index in [4.69, 9.17) is 5.11 Å². The molecule has 197 valence electrons. The van der Waals surface area contributed by atoms with Crippen LogP contribution in [0.15, 0.2) is 72.6 Å². The molecule has 0 atom stereocenters. The molecule has 4 rings (SSSR count). The Hall–Kier alpha value is -2.59. The fraction of sp³-hybridized carbons (Fsp3) is 0.312. The number of aliphatic hydroxyl groups excluding tert-OH is 1. The van der Waals surface area contributed by atoms with E-state index in [9.17, 15) is 4.79 Å². The summed E-state index contributed by atoms with van der Waals surface area (Å²) in [6, 6.07) is 22.9. The molecule has 1 radical (unpaired) electrons. The Morgan fingerprint density at radius 2 is 1.57 bits per heavy atom. The summed E-state index contributed by atoms with van der Waals surface area (Å²) in [6.07, 6.45) is 3.16. The van der Waals surface area contributed by atoms with Crippen molar-refractivity contribution in [2.45, 2.75) is 66.2 Å². The second kappa shape index (κ2) is 12.3. The van der Waals surface area contributed by atoms with Crippen molar-refractivity contribution in [1.82, 2.24) is 4.98 Å². The van der Waals surface area contributed by atoms with Crippen LogP contribution in [-0.4, -0.2) is 15.9 Å². The number of aliphatic hydroxyl groups is 1. The van der Waals surface area contributed by atoms with Crippen molar-refractivity contribution in [2.75, 3.05) is 0 Å². The number of aromatic nitrogens is 1. The summed E-state index contributed by atoms with van der Waals surface area (Å²) in [7, 11) is 0. The van der Waals surface area contributed by atoms with Gasteiger partial charge in [-0.2, -0.15) is 0 Å². The third kappa shape index (κ3) is 8.46. The number of carbonyl (C=O) groups excluding carboxylic acids is 1. The molecule has 37 heavy (non-hydrogen) atoms. The predicted octanol–water partition coefficient (Wildman–Crippen LogP) is 9.06. The minimum absolute atomic E-state index is 0. The van der Waals surface area contributed by atoms with Crippen molar-refractivity contribution in [3.63, 3.8) is 0 Å². The quantitative estimate of drug-likeness (QED) is 0.133. The van der Waals surface area contributed by atoms with Crippen LogP contribution in [-0.2, 0) is 35.7 Å². The van der Waals surface area contributed by atoms with Gasteiger partial charge >= 0.3 is 0 Å². The first-order valence-electron chi connectivity index (χ1n) is 12.1. The Morgan fingerprint density at radius 3 is 2.03 bits per heavy atom. The minimum Gasteiger partial charge on any atom is -0.512 e. The summed E-state index contributed by atoms with van der Waals surface area (Å²) >= 11 is 1.84. The summed E-state index contributed by atoms with van der Waals surface area (Å²) < 4.78 is 1.26. The van der Waals surface area contributed by atoms with E-state index >= 15 is 0 Å². The van der Waals surface area contributed by atoms with Crippen molar-refractivity contribution in [2.24, 2.45) is 0 Å². The van der Waals surface area contributed by atoms with Gasteiger partial charge < -0.3 is 10.1 Å². The predicted molar refractivity (Wildman–Crippen MR) is 154 cm³/mol. The van der Waals surface area contributed by atoms with Crippen LogP contribution < -0.4 is 0 Å². The van der Waals surface area contributed by atoms with Gasteiger partial charge in [0.25, 0.3) is 0 Å². The Balaban J connectivity index is 0.000000532. The summed E-state index contributed by atoms with van der Waals surface area (Å²) in [5.74, 6) is -0.0625. The molecular formula is C32H36IrNO2S-. The Labute approximate surface area is 239 Å². The SMILES string of the molecule is CC(=O)/C=C(/C)O.CC(C)(C)c1cc(-c2cc3cnc(-c4[c-]cccc4)cc3s2)cc(C(C)(C)C)c1.[Ir]. The Bertz CT molecular complexity index is 1350. The maximum absolute atomic E-state index is 10.0. The molecule has 0 aliphatic carbocycles. The molecule has 4 aromatic rings. The first kappa shape index (κ1) is 30.6. The maximum atomic E-state index is 10.0. The molecule has 0 bridgehead atoms. The van der Waals surface area contributed by atoms with Gasteiger partial charge in [0, 0.05) is 47.3 Å². The van der Waals surface area contributed by atoms with E-state index in [0.717, 1.165) is 11.3 Å². The van der Waals surface area contributed by atoms with E-state index in [2.05, 4.69) is 89.0 Å². The fourth-order valence-electron chi connectivity index (χ4n) is 3.71. The van der Waals surface area contributed by atoms with Crippen molar-refractivity contribution < 1.29 is 30.0 Å². The number of fused-ring (bicyclic) bond motifs is 1. The van der Waals surface area contributed by atoms with Gasteiger partial charge in [0.1, 0.15) is 0 Å². The monoisotopic (exact) mass is 691 g/mol. The van der Waals surface area contributed by atoms with E-state index in [1.54, 1.807) is 0 Å². The molecule has 2 heterocycles. The van der Waals surface area contributed by atoms with Gasteiger partial charge in [-0.05, 0) is 65.3 Å². The van der Waals surface area contributed by atoms with Crippen molar-refractivity contribution >= 4 is 27.2 Å². The largest absolute Gasteiger partial charge is 0.512 e. The molecule has 2 aromatic heterocycles. The number of hydrogen-bond acceptors (Lipinski definition) is 4. The molecule has 2 aromatic carbocycles. The minimum atomic E-state index is -0.125. The molecule has 0 saturated heterocycles. The first-order chi connectivity index (χ1) is 16.7. The standard InChI is InChI=1S/C27H28NS.C5H8O2.Ir/c1-26(2,3)21-12-19(13-22(15-21)27(4,5)6)24-14-20-17-28-23(16-25(20)29-24)18-10-8-7-9-11-18;1-4(6)3-5(2)7;/h7-10,12-17H,1-6H3;3,6H,1-2H3;/q-1;;/b;4-3-;. The molecule has 5 heteroatoms. The van der Waals surface area contributed by atoms with Crippen LogP contribution in [0, 0.1) is 6.07 Å². The van der Waals surface area contributed by atoms with Crippen LogP contribution in [0.3, 0.4) is 0 Å². The number of allylic oxidation sites excluding steroid dienone is 2. The number of nitrogens with zero attached hydrogens (tertiary/aromatic N) is 1. The number of pyridine rings is 1. The van der Waals surface area contributed by atoms with Crippen LogP contribution >= 0.6 is 11.3 Å². The van der Waals surface area contributed by atoms with Crippen LogP contribution in [0.4, 0.5) is 0 Å². The van der Waals surface area contributed by atoms with Gasteiger partial charge in [0.15, 0.2) is 5.78 Å². The zero-order valence-corrected chi connectivity index (χ0v) is 26.1. The average Bonchev–Trinajstić information content (AvgIpc) is 3.21. The van der Waals surface area contributed by atoms with Gasteiger partial charge in [-0.25, -0.2) is 0 Å². The molecular weight excluding hydrogens is 655 g/mol. The topological polar surface area (TPSA) is 50.2 Å². The van der Waals surface area contributed by atoms with Crippen LogP contribution in [0.5, 0.6) is 0 Å². The van der Waals surface area contributed by atoms with Crippen LogP contribution in [0.25, 0.3) is 31.8 Å². The number of rotatable bonds is 3. The second-order valence-electron chi connectivity index (χ2n) is 11.2. The average molecular weight is 691 g/mol. The molecule has 0 saturated carbocycles. The van der Waals surface area contributed by atoms with Crippen molar-refractivity contribution in [1.29, 1.82) is 0 Å². The number of thiophene rings is 1. The smallest absolute Gasteiger partial charge is 0.155 e. The summed E-state index contributed by atoms with van der Waals surface area (Å²) in [5, 5.41) is 9.56. The first-order valence-corrected chi connectivity index (χ1v) is 13.0. The van der Waals surface area contributed by atoms with Gasteiger partial charge in [-0.3, -0.25) is 4.79 Å². The van der Waals surface area contributed by atoms with Gasteiger partial charge in [0.05, 0.1) is 5.76 Å². The maximum Gasteiger partial charge on any atom is 0.155 e. The molecule has 0 amide bonds. The molecule has 0 fully saturated rings. The third-order valence-electron chi connectivity index (χ3n) is 5.75. The van der Waals surface area contributed by atoms with Crippen molar-refractivity contribution in [3.8, 4) is 21.7 Å². The van der Waals surface area contributed by atoms with E-state index in [-0.39, 0.29) is 42.5 Å². The molecule has 0 unspecified atom stereocenters. The Morgan fingerprint density at radius 1 is 0.946 bits per heavy atom. The summed E-state index contributed by atoms with van der Waals surface area (Å²) in [6.45, 7) is 16.6. The second-order valence-corrected chi connectivity index (χ2v) is 12.3. The molecule has 0 aliphatic heterocycles. The zero-order chi connectivity index (χ0) is 26.7. The van der Waals surface area contributed by atoms with Gasteiger partial charge in [-0.15, -0.1) is 47.2 Å². The number of hydrogen-bond donors (Lipinski definition) is 1. The molecule has 0 spiro atoms. The van der Waals surface area contributed by atoms with Crippen LogP contribution in [0.1, 0.15) is 66.5 Å². The number of carbonyl (C=O) groups is 1. The van der Waals surface area contributed by atoms with E-state index in [0.29, 0.717) is 0 Å². The van der Waals surface area contributed by atoms with Crippen LogP contribution in [0.2, 0.25) is 0 Å². The third-order valence-corrected chi connectivity index (χ3v) is 6.90. The summed E-state index contributed by atoms with van der Waals surface area (Å²) in [4.78, 5) is 16.0. The number of benzene rings is 2. The molecule has 3 nitrogen and oxygen atoms in total. The number of ketones is 1. The summed E-state index contributed by atoms with van der Waals surface area (Å²) in [5.41, 5.74) is 6.32. The van der Waals surface area contributed by atoms with Gasteiger partial charge in [0.2, 0.25) is 0 Å². The molecule has 1 N–H and O–H groups in total. The molecule has 0 aliphatic rings. The van der Waals surface area contributed by atoms with E-state index < -0.39 is 0 Å². The normalized spacial score (nSPS) is 11.9. The van der Waals surface area contributed by atoms with E-state index in [1.807, 2.05) is 35.7 Å². The zero-order valence-electron chi connectivity index (χ0n) is 22.9. The van der Waals surface area contributed by atoms with E-state index in [1.165, 1.54) is 51.6 Å². The van der Waals surface area contributed by atoms with Gasteiger partial charge in [-0.1, -0.05) is 53.7 Å². The fourth-order valence-corrected chi connectivity index (χ4v) is 4.76.